The molecule has 0 fully saturated rings. The summed E-state index contributed by atoms with van der Waals surface area (Å²) in [5.74, 6) is -0.932. The number of aromatic nitrogens is 3. The lowest BCUT2D eigenvalue weighted by atomic mass is 9.93. The second kappa shape index (κ2) is 7.94. The van der Waals surface area contributed by atoms with Gasteiger partial charge in [-0.15, -0.1) is 0 Å². The summed E-state index contributed by atoms with van der Waals surface area (Å²) in [7, 11) is 1.74. The van der Waals surface area contributed by atoms with Crippen LogP contribution >= 0.6 is 23.2 Å². The van der Waals surface area contributed by atoms with E-state index < -0.39 is 5.97 Å². The Morgan fingerprint density at radius 3 is 2.67 bits per heavy atom. The summed E-state index contributed by atoms with van der Waals surface area (Å²) in [5.41, 5.74) is 4.32. The molecule has 0 saturated carbocycles. The molecule has 0 radical (unpaired) electrons. The highest BCUT2D eigenvalue weighted by Gasteiger charge is 2.23. The lowest BCUT2D eigenvalue weighted by molar-refractivity contribution is -0.135. The fraction of sp³-hybridized carbons (Fsp3) is 0.150. The molecule has 0 aliphatic carbocycles. The van der Waals surface area contributed by atoms with Crippen molar-refractivity contribution in [3.8, 4) is 11.4 Å². The summed E-state index contributed by atoms with van der Waals surface area (Å²) in [5, 5.41) is 14.7. The van der Waals surface area contributed by atoms with Gasteiger partial charge in [-0.3, -0.25) is 14.5 Å². The lowest BCUT2D eigenvalue weighted by Crippen LogP contribution is -1.98. The molecule has 0 atom stereocenters. The normalized spacial score (nSPS) is 11.6. The van der Waals surface area contributed by atoms with Crippen molar-refractivity contribution in [2.24, 2.45) is 7.05 Å². The van der Waals surface area contributed by atoms with Crippen molar-refractivity contribution in [2.45, 2.75) is 13.3 Å². The van der Waals surface area contributed by atoms with Crippen LogP contribution in [0.15, 0.2) is 48.7 Å². The van der Waals surface area contributed by atoms with Gasteiger partial charge in [0.15, 0.2) is 0 Å². The first-order chi connectivity index (χ1) is 12.9. The van der Waals surface area contributed by atoms with Crippen molar-refractivity contribution in [1.82, 2.24) is 14.8 Å². The van der Waals surface area contributed by atoms with Gasteiger partial charge in [0, 0.05) is 23.8 Å². The van der Waals surface area contributed by atoms with Crippen LogP contribution < -0.4 is 0 Å². The number of carbonyl (C=O) groups is 1. The quantitative estimate of drug-likeness (QED) is 0.652. The fourth-order valence-electron chi connectivity index (χ4n) is 2.89. The zero-order valence-electron chi connectivity index (χ0n) is 14.8. The first-order valence-electron chi connectivity index (χ1n) is 8.21. The predicted octanol–water partition coefficient (Wildman–Crippen LogP) is 5.00. The topological polar surface area (TPSA) is 68.0 Å². The number of hydrogen-bond donors (Lipinski definition) is 1. The zero-order valence-corrected chi connectivity index (χ0v) is 16.3. The molecule has 0 aliphatic heterocycles. The largest absolute Gasteiger partial charge is 0.481 e. The molecule has 2 heterocycles. The third-order valence-corrected chi connectivity index (χ3v) is 4.78. The van der Waals surface area contributed by atoms with Gasteiger partial charge in [0.2, 0.25) is 0 Å². The van der Waals surface area contributed by atoms with E-state index in [-0.39, 0.29) is 6.42 Å². The Hall–Kier alpha value is -2.63. The molecule has 7 heteroatoms. The molecule has 0 aliphatic rings. The number of halogens is 2. The van der Waals surface area contributed by atoms with Crippen molar-refractivity contribution in [3.63, 3.8) is 0 Å². The van der Waals surface area contributed by atoms with Gasteiger partial charge < -0.3 is 5.11 Å². The molecule has 0 amide bonds. The van der Waals surface area contributed by atoms with Crippen LogP contribution in [0.1, 0.15) is 23.1 Å². The van der Waals surface area contributed by atoms with E-state index in [0.717, 1.165) is 11.1 Å². The molecule has 3 rings (SSSR count). The van der Waals surface area contributed by atoms with Crippen LogP contribution in [-0.4, -0.2) is 25.8 Å². The molecule has 5 nitrogen and oxygen atoms in total. The summed E-state index contributed by atoms with van der Waals surface area (Å²) in [6.07, 6.45) is 3.17. The smallest absolute Gasteiger partial charge is 0.307 e. The molecule has 0 spiro atoms. The molecule has 2 aromatic heterocycles. The third kappa shape index (κ3) is 4.04. The molecule has 27 heavy (non-hydrogen) atoms. The van der Waals surface area contributed by atoms with Crippen LogP contribution in [0.2, 0.25) is 10.2 Å². The molecule has 0 bridgehead atoms. The SMILES string of the molecule is Cc1cc(Cl)ccc1/C(=C\CC(=O)O)c1c(-c2ccccn2)nn(C)c1Cl. The Bertz CT molecular complexity index is 1030. The number of hydrogen-bond acceptors (Lipinski definition) is 3. The van der Waals surface area contributed by atoms with E-state index in [4.69, 9.17) is 23.2 Å². The van der Waals surface area contributed by atoms with E-state index >= 15 is 0 Å². The van der Waals surface area contributed by atoms with Gasteiger partial charge in [0.25, 0.3) is 0 Å². The molecule has 0 saturated heterocycles. The maximum absolute atomic E-state index is 11.2. The number of aliphatic carboxylic acids is 1. The molecule has 0 unspecified atom stereocenters. The highest BCUT2D eigenvalue weighted by atomic mass is 35.5. The number of pyridine rings is 1. The molecular weight excluding hydrogens is 385 g/mol. The molecule has 1 aromatic carbocycles. The summed E-state index contributed by atoms with van der Waals surface area (Å²) in [6, 6.07) is 11.0. The van der Waals surface area contributed by atoms with E-state index in [9.17, 15) is 9.90 Å². The van der Waals surface area contributed by atoms with Gasteiger partial charge in [0.05, 0.1) is 12.1 Å². The predicted molar refractivity (Wildman–Crippen MR) is 107 cm³/mol. The summed E-state index contributed by atoms with van der Waals surface area (Å²) < 4.78 is 1.56. The standard InChI is InChI=1S/C20H17Cl2N3O2/c1-12-11-13(21)6-7-14(12)15(8-9-17(26)27)18-19(24-25(2)20(18)22)16-5-3-4-10-23-16/h3-8,10-11H,9H2,1-2H3,(H,26,27)/b15-8+. The van der Waals surface area contributed by atoms with Crippen LogP contribution in [0.25, 0.3) is 17.0 Å². The minimum Gasteiger partial charge on any atom is -0.481 e. The summed E-state index contributed by atoms with van der Waals surface area (Å²) in [4.78, 5) is 15.6. The van der Waals surface area contributed by atoms with Gasteiger partial charge in [-0.05, 0) is 47.9 Å². The first kappa shape index (κ1) is 19.1. The number of benzene rings is 1. The third-order valence-electron chi connectivity index (χ3n) is 4.11. The van der Waals surface area contributed by atoms with Crippen molar-refractivity contribution >= 4 is 34.7 Å². The fourth-order valence-corrected chi connectivity index (χ4v) is 3.35. The van der Waals surface area contributed by atoms with Crippen molar-refractivity contribution < 1.29 is 9.90 Å². The highest BCUT2D eigenvalue weighted by molar-refractivity contribution is 6.32. The average Bonchev–Trinajstić information content (AvgIpc) is 2.93. The van der Waals surface area contributed by atoms with E-state index in [1.165, 1.54) is 0 Å². The van der Waals surface area contributed by atoms with Gasteiger partial charge in [-0.25, -0.2) is 0 Å². The van der Waals surface area contributed by atoms with Crippen LogP contribution in [-0.2, 0) is 11.8 Å². The lowest BCUT2D eigenvalue weighted by Gasteiger charge is -2.13. The van der Waals surface area contributed by atoms with Crippen molar-refractivity contribution in [1.29, 1.82) is 0 Å². The zero-order chi connectivity index (χ0) is 19.6. The van der Waals surface area contributed by atoms with E-state index in [2.05, 4.69) is 10.1 Å². The van der Waals surface area contributed by atoms with E-state index in [0.29, 0.717) is 32.7 Å². The van der Waals surface area contributed by atoms with Crippen molar-refractivity contribution in [2.75, 3.05) is 0 Å². The van der Waals surface area contributed by atoms with Gasteiger partial charge in [0.1, 0.15) is 10.8 Å². The van der Waals surface area contributed by atoms with Gasteiger partial charge >= 0.3 is 5.97 Å². The maximum atomic E-state index is 11.2. The number of carboxylic acid groups (broad SMARTS) is 1. The molecule has 138 valence electrons. The Balaban J connectivity index is 2.28. The summed E-state index contributed by atoms with van der Waals surface area (Å²) in [6.45, 7) is 1.92. The highest BCUT2D eigenvalue weighted by Crippen LogP contribution is 2.38. The number of nitrogens with zero attached hydrogens (tertiary/aromatic N) is 3. The molecule has 1 N–H and O–H groups in total. The van der Waals surface area contributed by atoms with Crippen LogP contribution in [0, 0.1) is 6.92 Å². The average molecular weight is 402 g/mol. The molecular formula is C20H17Cl2N3O2. The summed E-state index contributed by atoms with van der Waals surface area (Å²) >= 11 is 12.7. The minimum absolute atomic E-state index is 0.149. The Morgan fingerprint density at radius 2 is 2.04 bits per heavy atom. The van der Waals surface area contributed by atoms with Crippen LogP contribution in [0.3, 0.4) is 0 Å². The maximum Gasteiger partial charge on any atom is 0.307 e. The van der Waals surface area contributed by atoms with E-state index in [1.54, 1.807) is 30.1 Å². The monoisotopic (exact) mass is 401 g/mol. The number of aryl methyl sites for hydroxylation is 2. The van der Waals surface area contributed by atoms with Crippen molar-refractivity contribution in [3.05, 3.63) is 75.5 Å². The minimum atomic E-state index is -0.932. The van der Waals surface area contributed by atoms with Crippen LogP contribution in [0.4, 0.5) is 0 Å². The first-order valence-corrected chi connectivity index (χ1v) is 8.97. The Kier molecular flexibility index (Phi) is 5.63. The van der Waals surface area contributed by atoms with Gasteiger partial charge in [-0.1, -0.05) is 41.4 Å². The number of rotatable bonds is 5. The Morgan fingerprint density at radius 1 is 1.26 bits per heavy atom. The van der Waals surface area contributed by atoms with E-state index in [1.807, 2.05) is 37.3 Å². The molecule has 3 aromatic rings. The number of carboxylic acids is 1. The van der Waals surface area contributed by atoms with Gasteiger partial charge in [-0.2, -0.15) is 5.10 Å². The van der Waals surface area contributed by atoms with Crippen LogP contribution in [0.5, 0.6) is 0 Å². The second-order valence-electron chi connectivity index (χ2n) is 6.03. The Labute approximate surface area is 166 Å². The second-order valence-corrected chi connectivity index (χ2v) is 6.82.